The van der Waals surface area contributed by atoms with Crippen molar-refractivity contribution in [2.45, 2.75) is 51.5 Å². The van der Waals surface area contributed by atoms with Crippen molar-refractivity contribution in [2.75, 3.05) is 39.3 Å². The highest BCUT2D eigenvalue weighted by molar-refractivity contribution is 5.76. The third-order valence-electron chi connectivity index (χ3n) is 4.44. The second-order valence-electron chi connectivity index (χ2n) is 5.89. The zero-order chi connectivity index (χ0) is 13.5. The second kappa shape index (κ2) is 7.85. The first-order valence-corrected chi connectivity index (χ1v) is 8.04. The molecule has 0 unspecified atom stereocenters. The lowest BCUT2D eigenvalue weighted by atomic mass is 10.1. The van der Waals surface area contributed by atoms with Crippen LogP contribution in [0, 0.1) is 0 Å². The highest BCUT2D eigenvalue weighted by atomic mass is 16.2. The predicted octanol–water partition coefficient (Wildman–Crippen LogP) is 1.46. The summed E-state index contributed by atoms with van der Waals surface area (Å²) >= 11 is 0. The van der Waals surface area contributed by atoms with Gasteiger partial charge in [0, 0.05) is 51.7 Å². The average Bonchev–Trinajstić information content (AvgIpc) is 2.37. The lowest BCUT2D eigenvalue weighted by molar-refractivity contribution is -0.133. The summed E-state index contributed by atoms with van der Waals surface area (Å²) in [7, 11) is 0. The molecule has 0 spiro atoms. The predicted molar refractivity (Wildman–Crippen MR) is 78.2 cm³/mol. The van der Waals surface area contributed by atoms with Crippen LogP contribution in [0.1, 0.15) is 45.4 Å². The van der Waals surface area contributed by atoms with Crippen molar-refractivity contribution in [1.82, 2.24) is 15.1 Å². The lowest BCUT2D eigenvalue weighted by Gasteiger charge is -2.43. The molecule has 2 rings (SSSR count). The van der Waals surface area contributed by atoms with E-state index in [4.69, 9.17) is 0 Å². The van der Waals surface area contributed by atoms with Crippen LogP contribution in [0.3, 0.4) is 0 Å². The maximum atomic E-state index is 12.1. The number of hydrogen-bond donors (Lipinski definition) is 1. The molecule has 2 aliphatic rings. The number of carbonyl (C=O) groups is 1. The van der Waals surface area contributed by atoms with Crippen molar-refractivity contribution in [2.24, 2.45) is 0 Å². The minimum atomic E-state index is 0.378. The molecule has 110 valence electrons. The highest BCUT2D eigenvalue weighted by Gasteiger charge is 2.28. The average molecular weight is 267 g/mol. The molecule has 2 heterocycles. The van der Waals surface area contributed by atoms with E-state index in [1.54, 1.807) is 0 Å². The van der Waals surface area contributed by atoms with Gasteiger partial charge < -0.3 is 10.2 Å². The van der Waals surface area contributed by atoms with Crippen molar-refractivity contribution in [1.29, 1.82) is 0 Å². The summed E-state index contributed by atoms with van der Waals surface area (Å²) in [5.41, 5.74) is 0. The van der Waals surface area contributed by atoms with Crippen LogP contribution in [0.4, 0.5) is 0 Å². The Bertz CT molecular complexity index is 271. The Labute approximate surface area is 117 Å². The molecule has 1 N–H and O–H groups in total. The minimum Gasteiger partial charge on any atom is -0.340 e. The first-order valence-electron chi connectivity index (χ1n) is 8.04. The molecule has 0 bridgehead atoms. The standard InChI is InChI=1S/C15H29N3O/c1-2-3-4-5-6-7-15(19)18-10-8-17(9-11-18)14-12-16-13-14/h14,16H,2-13H2,1H3. The monoisotopic (exact) mass is 267 g/mol. The van der Waals surface area contributed by atoms with Crippen LogP contribution in [0.25, 0.3) is 0 Å². The zero-order valence-corrected chi connectivity index (χ0v) is 12.4. The van der Waals surface area contributed by atoms with Gasteiger partial charge in [-0.05, 0) is 6.42 Å². The molecule has 2 saturated heterocycles. The molecule has 0 aliphatic carbocycles. The van der Waals surface area contributed by atoms with Gasteiger partial charge in [0.1, 0.15) is 0 Å². The first kappa shape index (κ1) is 14.8. The number of rotatable bonds is 7. The highest BCUT2D eigenvalue weighted by Crippen LogP contribution is 2.12. The molecule has 0 aromatic heterocycles. The number of nitrogens with zero attached hydrogens (tertiary/aromatic N) is 2. The summed E-state index contributed by atoms with van der Waals surface area (Å²) in [6, 6.07) is 0.728. The van der Waals surface area contributed by atoms with E-state index in [1.807, 2.05) is 0 Å². The lowest BCUT2D eigenvalue weighted by Crippen LogP contribution is -2.62. The fourth-order valence-corrected chi connectivity index (χ4v) is 2.91. The van der Waals surface area contributed by atoms with E-state index in [9.17, 15) is 4.79 Å². The van der Waals surface area contributed by atoms with Gasteiger partial charge in [0.2, 0.25) is 5.91 Å². The minimum absolute atomic E-state index is 0.378. The molecule has 4 heteroatoms. The molecule has 4 nitrogen and oxygen atoms in total. The molecule has 0 aromatic carbocycles. The number of hydrogen-bond acceptors (Lipinski definition) is 3. The third-order valence-corrected chi connectivity index (χ3v) is 4.44. The largest absolute Gasteiger partial charge is 0.340 e. The Hall–Kier alpha value is -0.610. The molecule has 0 atom stereocenters. The van der Waals surface area contributed by atoms with Crippen LogP contribution in [-0.4, -0.2) is 61.0 Å². The van der Waals surface area contributed by atoms with Gasteiger partial charge in [0.05, 0.1) is 0 Å². The van der Waals surface area contributed by atoms with Crippen molar-refractivity contribution in [3.8, 4) is 0 Å². The van der Waals surface area contributed by atoms with Crippen molar-refractivity contribution in [3.05, 3.63) is 0 Å². The second-order valence-corrected chi connectivity index (χ2v) is 5.89. The van der Waals surface area contributed by atoms with Gasteiger partial charge in [-0.1, -0.05) is 32.6 Å². The fraction of sp³-hybridized carbons (Fsp3) is 0.933. The molecule has 19 heavy (non-hydrogen) atoms. The van der Waals surface area contributed by atoms with E-state index in [2.05, 4.69) is 22.0 Å². The van der Waals surface area contributed by atoms with Gasteiger partial charge in [-0.3, -0.25) is 9.69 Å². The molecule has 0 saturated carbocycles. The number of piperazine rings is 1. The van der Waals surface area contributed by atoms with Gasteiger partial charge in [-0.2, -0.15) is 0 Å². The van der Waals surface area contributed by atoms with E-state index in [1.165, 1.54) is 25.7 Å². The summed E-state index contributed by atoms with van der Waals surface area (Å²) in [5.74, 6) is 0.378. The zero-order valence-electron chi connectivity index (χ0n) is 12.4. The number of unbranched alkanes of at least 4 members (excludes halogenated alkanes) is 4. The summed E-state index contributed by atoms with van der Waals surface area (Å²) in [6.45, 7) is 8.48. The van der Waals surface area contributed by atoms with Crippen LogP contribution < -0.4 is 5.32 Å². The van der Waals surface area contributed by atoms with E-state index < -0.39 is 0 Å². The van der Waals surface area contributed by atoms with Crippen molar-refractivity contribution >= 4 is 5.91 Å². The van der Waals surface area contributed by atoms with Crippen LogP contribution in [-0.2, 0) is 4.79 Å². The van der Waals surface area contributed by atoms with E-state index >= 15 is 0 Å². The normalized spacial score (nSPS) is 21.4. The molecular weight excluding hydrogens is 238 g/mol. The van der Waals surface area contributed by atoms with E-state index in [-0.39, 0.29) is 0 Å². The van der Waals surface area contributed by atoms with Gasteiger partial charge in [-0.15, -0.1) is 0 Å². The van der Waals surface area contributed by atoms with Crippen LogP contribution in [0.15, 0.2) is 0 Å². The fourth-order valence-electron chi connectivity index (χ4n) is 2.91. The van der Waals surface area contributed by atoms with Gasteiger partial charge in [0.15, 0.2) is 0 Å². The summed E-state index contributed by atoms with van der Waals surface area (Å²) in [6.07, 6.45) is 6.91. The van der Waals surface area contributed by atoms with Crippen molar-refractivity contribution < 1.29 is 4.79 Å². The third kappa shape index (κ3) is 4.46. The number of amides is 1. The summed E-state index contributed by atoms with van der Waals surface area (Å²) in [4.78, 5) is 16.7. The Balaban J connectivity index is 1.56. The molecule has 1 amide bonds. The Morgan fingerprint density at radius 2 is 1.74 bits per heavy atom. The summed E-state index contributed by atoms with van der Waals surface area (Å²) in [5, 5.41) is 3.31. The Morgan fingerprint density at radius 1 is 1.05 bits per heavy atom. The quantitative estimate of drug-likeness (QED) is 0.709. The Morgan fingerprint density at radius 3 is 2.32 bits per heavy atom. The van der Waals surface area contributed by atoms with Gasteiger partial charge in [0.25, 0.3) is 0 Å². The SMILES string of the molecule is CCCCCCCC(=O)N1CCN(C2CNC2)CC1. The van der Waals surface area contributed by atoms with E-state index in [0.29, 0.717) is 5.91 Å². The smallest absolute Gasteiger partial charge is 0.222 e. The van der Waals surface area contributed by atoms with Crippen LogP contribution >= 0.6 is 0 Å². The van der Waals surface area contributed by atoms with Crippen LogP contribution in [0.2, 0.25) is 0 Å². The first-order chi connectivity index (χ1) is 9.31. The van der Waals surface area contributed by atoms with Crippen molar-refractivity contribution in [3.63, 3.8) is 0 Å². The topological polar surface area (TPSA) is 35.6 Å². The maximum absolute atomic E-state index is 12.1. The molecule has 2 fully saturated rings. The molecule has 2 aliphatic heterocycles. The molecule has 0 aromatic rings. The van der Waals surface area contributed by atoms with Gasteiger partial charge in [-0.25, -0.2) is 0 Å². The van der Waals surface area contributed by atoms with Gasteiger partial charge >= 0.3 is 0 Å². The molecular formula is C15H29N3O. The number of carbonyl (C=O) groups excluding carboxylic acids is 1. The number of nitrogens with one attached hydrogen (secondary N) is 1. The Kier molecular flexibility index (Phi) is 6.11. The van der Waals surface area contributed by atoms with Crippen LogP contribution in [0.5, 0.6) is 0 Å². The van der Waals surface area contributed by atoms with E-state index in [0.717, 1.165) is 58.2 Å². The maximum Gasteiger partial charge on any atom is 0.222 e. The summed E-state index contributed by atoms with van der Waals surface area (Å²) < 4.78 is 0. The molecule has 0 radical (unpaired) electrons.